The molecule has 2 aromatic rings. The third-order valence-corrected chi connectivity index (χ3v) is 4.76. The number of benzene rings is 2. The maximum absolute atomic E-state index is 12.9. The summed E-state index contributed by atoms with van der Waals surface area (Å²) in [6.45, 7) is 7.90. The van der Waals surface area contributed by atoms with E-state index in [9.17, 15) is 9.59 Å². The zero-order chi connectivity index (χ0) is 21.2. The molecule has 0 bridgehead atoms. The number of hydrogen-bond acceptors (Lipinski definition) is 4. The lowest BCUT2D eigenvalue weighted by atomic mass is 10.0. The maximum Gasteiger partial charge on any atom is 0.238 e. The van der Waals surface area contributed by atoms with Crippen LogP contribution in [0.25, 0.3) is 0 Å². The van der Waals surface area contributed by atoms with Gasteiger partial charge in [0.05, 0.1) is 17.3 Å². The zero-order valence-corrected chi connectivity index (χ0v) is 18.3. The summed E-state index contributed by atoms with van der Waals surface area (Å²) in [5.74, 6) is -0.446. The number of halogens is 2. The number of nitrogens with one attached hydrogen (secondary N) is 2. The average Bonchev–Trinajstić information content (AvgIpc) is 2.70. The van der Waals surface area contributed by atoms with E-state index >= 15 is 0 Å². The second kappa shape index (κ2) is 11.9. The Bertz CT molecular complexity index is 837. The Balaban J connectivity index is 0.000000941. The monoisotopic (exact) mass is 435 g/mol. The number of piperazine rings is 1. The lowest BCUT2D eigenvalue weighted by Gasteiger charge is -2.26. The summed E-state index contributed by atoms with van der Waals surface area (Å²) in [6, 6.07) is 11.6. The highest BCUT2D eigenvalue weighted by molar-refractivity contribution is 6.36. The van der Waals surface area contributed by atoms with Crippen LogP contribution >= 0.6 is 23.2 Å². The van der Waals surface area contributed by atoms with E-state index in [2.05, 4.69) is 29.4 Å². The molecule has 1 heterocycles. The molecule has 0 aromatic heterocycles. The van der Waals surface area contributed by atoms with E-state index in [4.69, 9.17) is 23.2 Å². The number of ketones is 1. The van der Waals surface area contributed by atoms with Gasteiger partial charge in [-0.25, -0.2) is 0 Å². The molecule has 3 rings (SSSR count). The van der Waals surface area contributed by atoms with Gasteiger partial charge in [-0.3, -0.25) is 14.5 Å². The van der Waals surface area contributed by atoms with Crippen LogP contribution in [0.4, 0.5) is 5.69 Å². The van der Waals surface area contributed by atoms with E-state index < -0.39 is 0 Å². The van der Waals surface area contributed by atoms with Gasteiger partial charge in [0.2, 0.25) is 5.91 Å². The number of carbonyl (C=O) groups excluding carboxylic acids is 2. The minimum atomic E-state index is -0.282. The molecule has 29 heavy (non-hydrogen) atoms. The number of hydrogen-bond donors (Lipinski definition) is 2. The van der Waals surface area contributed by atoms with E-state index in [0.717, 1.165) is 26.2 Å². The van der Waals surface area contributed by atoms with Crippen molar-refractivity contribution in [2.45, 2.75) is 20.3 Å². The highest BCUT2D eigenvalue weighted by Gasteiger charge is 2.19. The molecule has 5 nitrogen and oxygen atoms in total. The smallest absolute Gasteiger partial charge is 0.238 e. The Labute approximate surface area is 182 Å². The summed E-state index contributed by atoms with van der Waals surface area (Å²) in [6.07, 6.45) is 1.25. The fraction of sp³-hybridized carbons (Fsp3) is 0.364. The standard InChI is InChI=1S/C19H19Cl2N3O2.C3H8/c20-13-5-6-17(23-18(25)12-24-9-7-22-8-10-24)15(11-13)19(26)14-3-1-2-4-16(14)21;1-3-2/h1-6,11,22H,7-10,12H2,(H,23,25);3H2,1-2H3. The first-order valence-corrected chi connectivity index (χ1v) is 10.5. The van der Waals surface area contributed by atoms with Gasteiger partial charge < -0.3 is 10.6 Å². The van der Waals surface area contributed by atoms with E-state index in [1.807, 2.05) is 0 Å². The second-order valence-electron chi connectivity index (χ2n) is 6.78. The summed E-state index contributed by atoms with van der Waals surface area (Å²) in [5.41, 5.74) is 1.12. The summed E-state index contributed by atoms with van der Waals surface area (Å²) >= 11 is 12.2. The summed E-state index contributed by atoms with van der Waals surface area (Å²) < 4.78 is 0. The van der Waals surface area contributed by atoms with Crippen molar-refractivity contribution in [1.29, 1.82) is 0 Å². The van der Waals surface area contributed by atoms with Gasteiger partial charge in [0.15, 0.2) is 5.78 Å². The first-order valence-electron chi connectivity index (χ1n) is 9.78. The molecule has 1 fully saturated rings. The zero-order valence-electron chi connectivity index (χ0n) is 16.8. The van der Waals surface area contributed by atoms with Gasteiger partial charge in [-0.05, 0) is 30.3 Å². The Hall–Kier alpha value is -1.92. The Morgan fingerprint density at radius 2 is 1.69 bits per heavy atom. The SMILES string of the molecule is CCC.O=C(CN1CCNCC1)Nc1ccc(Cl)cc1C(=O)c1ccccc1Cl. The lowest BCUT2D eigenvalue weighted by molar-refractivity contribution is -0.117. The maximum atomic E-state index is 12.9. The first kappa shape index (κ1) is 23.4. The van der Waals surface area contributed by atoms with Crippen LogP contribution in [0, 0.1) is 0 Å². The van der Waals surface area contributed by atoms with E-state index in [-0.39, 0.29) is 18.2 Å². The van der Waals surface area contributed by atoms with Crippen LogP contribution in [0.5, 0.6) is 0 Å². The lowest BCUT2D eigenvalue weighted by Crippen LogP contribution is -2.46. The average molecular weight is 436 g/mol. The molecule has 0 aliphatic carbocycles. The summed E-state index contributed by atoms with van der Waals surface area (Å²) in [5, 5.41) is 6.85. The molecule has 156 valence electrons. The molecule has 0 radical (unpaired) electrons. The fourth-order valence-corrected chi connectivity index (χ4v) is 3.26. The Morgan fingerprint density at radius 1 is 1.03 bits per heavy atom. The minimum absolute atomic E-state index is 0.164. The van der Waals surface area contributed by atoms with Crippen molar-refractivity contribution in [3.05, 3.63) is 63.6 Å². The molecule has 0 atom stereocenters. The molecule has 2 aromatic carbocycles. The molecule has 0 spiro atoms. The summed E-state index contributed by atoms with van der Waals surface area (Å²) in [7, 11) is 0. The Kier molecular flexibility index (Phi) is 9.61. The van der Waals surface area contributed by atoms with Crippen LogP contribution in [-0.2, 0) is 4.79 Å². The molecule has 1 amide bonds. The van der Waals surface area contributed by atoms with Gasteiger partial charge in [-0.15, -0.1) is 0 Å². The van der Waals surface area contributed by atoms with Gasteiger partial charge in [-0.2, -0.15) is 0 Å². The predicted octanol–water partition coefficient (Wildman–Crippen LogP) is 4.48. The first-order chi connectivity index (χ1) is 14.0. The van der Waals surface area contributed by atoms with Crippen molar-refractivity contribution in [2.75, 3.05) is 38.0 Å². The molecular weight excluding hydrogens is 409 g/mol. The van der Waals surface area contributed by atoms with Crippen LogP contribution < -0.4 is 10.6 Å². The Morgan fingerprint density at radius 3 is 2.34 bits per heavy atom. The van der Waals surface area contributed by atoms with Gasteiger partial charge >= 0.3 is 0 Å². The number of nitrogens with zero attached hydrogens (tertiary/aromatic N) is 1. The largest absolute Gasteiger partial charge is 0.324 e. The quantitative estimate of drug-likeness (QED) is 0.679. The van der Waals surface area contributed by atoms with E-state index in [1.165, 1.54) is 6.42 Å². The van der Waals surface area contributed by atoms with Crippen molar-refractivity contribution in [2.24, 2.45) is 0 Å². The van der Waals surface area contributed by atoms with Crippen LogP contribution in [0.3, 0.4) is 0 Å². The number of anilines is 1. The van der Waals surface area contributed by atoms with E-state index in [1.54, 1.807) is 42.5 Å². The van der Waals surface area contributed by atoms with Gasteiger partial charge in [0.25, 0.3) is 0 Å². The van der Waals surface area contributed by atoms with Crippen LogP contribution in [0.2, 0.25) is 10.0 Å². The topological polar surface area (TPSA) is 61.4 Å². The van der Waals surface area contributed by atoms with Crippen LogP contribution in [0.15, 0.2) is 42.5 Å². The van der Waals surface area contributed by atoms with Crippen LogP contribution in [0.1, 0.15) is 36.2 Å². The molecule has 2 N–H and O–H groups in total. The number of rotatable bonds is 5. The van der Waals surface area contributed by atoms with Gasteiger partial charge in [-0.1, -0.05) is 55.6 Å². The second-order valence-corrected chi connectivity index (χ2v) is 7.62. The van der Waals surface area contributed by atoms with Crippen molar-refractivity contribution in [1.82, 2.24) is 10.2 Å². The molecular formula is C22H27Cl2N3O2. The third kappa shape index (κ3) is 7.12. The minimum Gasteiger partial charge on any atom is -0.324 e. The number of carbonyl (C=O) groups is 2. The third-order valence-electron chi connectivity index (χ3n) is 4.20. The molecule has 7 heteroatoms. The molecule has 1 saturated heterocycles. The van der Waals surface area contributed by atoms with Crippen molar-refractivity contribution >= 4 is 40.6 Å². The molecule has 1 aliphatic heterocycles. The predicted molar refractivity (Wildman–Crippen MR) is 120 cm³/mol. The van der Waals surface area contributed by atoms with Crippen LogP contribution in [-0.4, -0.2) is 49.3 Å². The van der Waals surface area contributed by atoms with Crippen molar-refractivity contribution in [3.8, 4) is 0 Å². The molecule has 0 saturated carbocycles. The summed E-state index contributed by atoms with van der Waals surface area (Å²) in [4.78, 5) is 27.4. The van der Waals surface area contributed by atoms with Gasteiger partial charge in [0, 0.05) is 42.3 Å². The van der Waals surface area contributed by atoms with Gasteiger partial charge in [0.1, 0.15) is 0 Å². The number of amides is 1. The highest BCUT2D eigenvalue weighted by atomic mass is 35.5. The highest BCUT2D eigenvalue weighted by Crippen LogP contribution is 2.26. The fourth-order valence-electron chi connectivity index (χ4n) is 2.87. The van der Waals surface area contributed by atoms with Crippen molar-refractivity contribution in [3.63, 3.8) is 0 Å². The molecule has 0 unspecified atom stereocenters. The van der Waals surface area contributed by atoms with E-state index in [0.29, 0.717) is 26.9 Å². The molecule has 1 aliphatic rings. The normalized spacial score (nSPS) is 13.9. The van der Waals surface area contributed by atoms with Crippen molar-refractivity contribution < 1.29 is 9.59 Å².